The lowest BCUT2D eigenvalue weighted by Crippen LogP contribution is -2.24. The number of benzene rings is 1. The molecular formula is C13H14ClFN4S. The van der Waals surface area contributed by atoms with Crippen molar-refractivity contribution in [3.8, 4) is 0 Å². The van der Waals surface area contributed by atoms with E-state index in [2.05, 4.69) is 15.0 Å². The summed E-state index contributed by atoms with van der Waals surface area (Å²) in [7, 11) is 0. The van der Waals surface area contributed by atoms with E-state index < -0.39 is 0 Å². The molecule has 0 N–H and O–H groups in total. The fraction of sp³-hybridized carbons (Fsp3) is 0.308. The molecule has 0 aliphatic heterocycles. The van der Waals surface area contributed by atoms with Crippen molar-refractivity contribution in [3.63, 3.8) is 0 Å². The highest BCUT2D eigenvalue weighted by atomic mass is 35.5. The van der Waals surface area contributed by atoms with Gasteiger partial charge in [-0.05, 0) is 61.5 Å². The van der Waals surface area contributed by atoms with Gasteiger partial charge in [0.1, 0.15) is 5.82 Å². The second-order valence-electron chi connectivity index (χ2n) is 3.92. The minimum Gasteiger partial charge on any atom is -0.341 e. The zero-order valence-electron chi connectivity index (χ0n) is 11.2. The predicted octanol–water partition coefficient (Wildman–Crippen LogP) is 3.66. The van der Waals surface area contributed by atoms with E-state index in [1.807, 2.05) is 18.7 Å². The molecule has 0 fully saturated rings. The fourth-order valence-electron chi connectivity index (χ4n) is 1.62. The van der Waals surface area contributed by atoms with Crippen LogP contribution in [0.25, 0.3) is 0 Å². The molecule has 106 valence electrons. The molecule has 1 aromatic carbocycles. The second kappa shape index (κ2) is 6.85. The molecule has 1 heterocycles. The quantitative estimate of drug-likeness (QED) is 0.842. The largest absolute Gasteiger partial charge is 0.341 e. The minimum atomic E-state index is -0.271. The molecule has 0 saturated carbocycles. The van der Waals surface area contributed by atoms with Crippen LogP contribution in [0.3, 0.4) is 0 Å². The first-order valence-electron chi connectivity index (χ1n) is 6.22. The summed E-state index contributed by atoms with van der Waals surface area (Å²) in [6.45, 7) is 5.62. The summed E-state index contributed by atoms with van der Waals surface area (Å²) in [5, 5.41) is 0.657. The first kappa shape index (κ1) is 15.0. The monoisotopic (exact) mass is 312 g/mol. The van der Waals surface area contributed by atoms with Gasteiger partial charge < -0.3 is 4.90 Å². The van der Waals surface area contributed by atoms with Crippen molar-refractivity contribution in [1.29, 1.82) is 0 Å². The Bertz CT molecular complexity index is 575. The second-order valence-corrected chi connectivity index (χ2v) is 5.29. The van der Waals surface area contributed by atoms with Gasteiger partial charge in [0.15, 0.2) is 5.16 Å². The van der Waals surface area contributed by atoms with Crippen LogP contribution < -0.4 is 4.90 Å². The Kier molecular flexibility index (Phi) is 5.14. The molecule has 0 aliphatic carbocycles. The zero-order chi connectivity index (χ0) is 14.5. The summed E-state index contributed by atoms with van der Waals surface area (Å²) in [6.07, 6.45) is 0. The van der Waals surface area contributed by atoms with Gasteiger partial charge in [0.05, 0.1) is 0 Å². The maximum atomic E-state index is 12.9. The van der Waals surface area contributed by atoms with E-state index in [0.29, 0.717) is 11.1 Å². The Hall–Kier alpha value is -1.40. The maximum Gasteiger partial charge on any atom is 0.230 e. The van der Waals surface area contributed by atoms with Crippen LogP contribution in [-0.4, -0.2) is 28.0 Å². The Labute approximate surface area is 126 Å². The molecule has 0 unspecified atom stereocenters. The average molecular weight is 313 g/mol. The maximum absolute atomic E-state index is 12.9. The Morgan fingerprint density at radius 1 is 1.10 bits per heavy atom. The Balaban J connectivity index is 2.25. The fourth-order valence-corrected chi connectivity index (χ4v) is 2.57. The number of halogens is 2. The number of rotatable bonds is 5. The summed E-state index contributed by atoms with van der Waals surface area (Å²) in [5.41, 5.74) is 0. The van der Waals surface area contributed by atoms with E-state index in [0.717, 1.165) is 18.0 Å². The molecule has 0 aliphatic rings. The van der Waals surface area contributed by atoms with Gasteiger partial charge >= 0.3 is 0 Å². The van der Waals surface area contributed by atoms with Crippen LogP contribution in [0.15, 0.2) is 34.3 Å². The summed E-state index contributed by atoms with van der Waals surface area (Å²) in [5.74, 6) is 0.284. The number of hydrogen-bond donors (Lipinski definition) is 0. The lowest BCUT2D eigenvalue weighted by molar-refractivity contribution is 0.626. The third-order valence-electron chi connectivity index (χ3n) is 2.64. The molecule has 0 saturated heterocycles. The van der Waals surface area contributed by atoms with E-state index in [1.165, 1.54) is 23.9 Å². The zero-order valence-corrected chi connectivity index (χ0v) is 12.7. The predicted molar refractivity (Wildman–Crippen MR) is 78.9 cm³/mol. The van der Waals surface area contributed by atoms with Crippen molar-refractivity contribution in [1.82, 2.24) is 15.0 Å². The van der Waals surface area contributed by atoms with Crippen LogP contribution in [0.1, 0.15) is 13.8 Å². The van der Waals surface area contributed by atoms with Crippen LogP contribution in [0.5, 0.6) is 0 Å². The molecule has 4 nitrogen and oxygen atoms in total. The molecule has 0 radical (unpaired) electrons. The van der Waals surface area contributed by atoms with Crippen molar-refractivity contribution in [2.75, 3.05) is 18.0 Å². The van der Waals surface area contributed by atoms with E-state index in [-0.39, 0.29) is 11.1 Å². The van der Waals surface area contributed by atoms with E-state index in [1.54, 1.807) is 12.1 Å². The van der Waals surface area contributed by atoms with Gasteiger partial charge in [0.2, 0.25) is 11.2 Å². The molecular weight excluding hydrogens is 299 g/mol. The van der Waals surface area contributed by atoms with Crippen LogP contribution in [0, 0.1) is 5.82 Å². The highest BCUT2D eigenvalue weighted by molar-refractivity contribution is 7.99. The minimum absolute atomic E-state index is 0.159. The van der Waals surface area contributed by atoms with Gasteiger partial charge in [0, 0.05) is 18.0 Å². The third kappa shape index (κ3) is 3.80. The lowest BCUT2D eigenvalue weighted by atomic mass is 10.4. The van der Waals surface area contributed by atoms with E-state index in [4.69, 9.17) is 11.6 Å². The molecule has 1 aromatic heterocycles. The van der Waals surface area contributed by atoms with Crippen LogP contribution in [0.2, 0.25) is 5.28 Å². The van der Waals surface area contributed by atoms with Gasteiger partial charge in [-0.3, -0.25) is 0 Å². The summed E-state index contributed by atoms with van der Waals surface area (Å²) >= 11 is 7.26. The SMILES string of the molecule is CCN(CC)c1nc(Cl)nc(Sc2ccc(F)cc2)n1. The van der Waals surface area contributed by atoms with Gasteiger partial charge in [-0.25, -0.2) is 4.39 Å². The first-order chi connectivity index (χ1) is 9.62. The Morgan fingerprint density at radius 2 is 1.75 bits per heavy atom. The smallest absolute Gasteiger partial charge is 0.230 e. The molecule has 0 atom stereocenters. The van der Waals surface area contributed by atoms with Crippen molar-refractivity contribution in [3.05, 3.63) is 35.4 Å². The molecule has 0 amide bonds. The van der Waals surface area contributed by atoms with Gasteiger partial charge in [-0.1, -0.05) is 0 Å². The standard InChI is InChI=1S/C13H14ClFN4S/c1-3-19(4-2)12-16-11(14)17-13(18-12)20-10-7-5-9(15)6-8-10/h5-8H,3-4H2,1-2H3. The average Bonchev–Trinajstić information content (AvgIpc) is 2.42. The van der Waals surface area contributed by atoms with Crippen molar-refractivity contribution < 1.29 is 4.39 Å². The summed E-state index contributed by atoms with van der Waals surface area (Å²) in [6, 6.07) is 6.15. The normalized spacial score (nSPS) is 10.6. The molecule has 2 aromatic rings. The number of nitrogens with zero attached hydrogens (tertiary/aromatic N) is 4. The van der Waals surface area contributed by atoms with Crippen LogP contribution in [0.4, 0.5) is 10.3 Å². The van der Waals surface area contributed by atoms with Crippen molar-refractivity contribution in [2.24, 2.45) is 0 Å². The summed E-state index contributed by atoms with van der Waals surface area (Å²) in [4.78, 5) is 15.4. The van der Waals surface area contributed by atoms with E-state index >= 15 is 0 Å². The van der Waals surface area contributed by atoms with Gasteiger partial charge in [0.25, 0.3) is 0 Å². The highest BCUT2D eigenvalue weighted by Gasteiger charge is 2.11. The molecule has 7 heteroatoms. The highest BCUT2D eigenvalue weighted by Crippen LogP contribution is 2.26. The topological polar surface area (TPSA) is 41.9 Å². The number of aromatic nitrogens is 3. The number of hydrogen-bond acceptors (Lipinski definition) is 5. The van der Waals surface area contributed by atoms with Gasteiger partial charge in [-0.2, -0.15) is 15.0 Å². The summed E-state index contributed by atoms with van der Waals surface area (Å²) < 4.78 is 12.9. The first-order valence-corrected chi connectivity index (χ1v) is 7.41. The van der Waals surface area contributed by atoms with Crippen molar-refractivity contribution in [2.45, 2.75) is 23.9 Å². The van der Waals surface area contributed by atoms with E-state index in [9.17, 15) is 4.39 Å². The van der Waals surface area contributed by atoms with Crippen molar-refractivity contribution >= 4 is 29.3 Å². The molecule has 0 bridgehead atoms. The lowest BCUT2D eigenvalue weighted by Gasteiger charge is -2.18. The van der Waals surface area contributed by atoms with Crippen LogP contribution >= 0.6 is 23.4 Å². The van der Waals surface area contributed by atoms with Crippen LogP contribution in [-0.2, 0) is 0 Å². The third-order valence-corrected chi connectivity index (χ3v) is 3.69. The Morgan fingerprint density at radius 3 is 2.35 bits per heavy atom. The van der Waals surface area contributed by atoms with Gasteiger partial charge in [-0.15, -0.1) is 0 Å². The molecule has 2 rings (SSSR count). The number of anilines is 1. The molecule has 20 heavy (non-hydrogen) atoms. The molecule has 0 spiro atoms.